The molecule has 108 valence electrons. The molecule has 0 amide bonds. The molecule has 0 aliphatic heterocycles. The van der Waals surface area contributed by atoms with E-state index < -0.39 is 17.3 Å². The van der Waals surface area contributed by atoms with E-state index in [-0.39, 0.29) is 6.04 Å². The van der Waals surface area contributed by atoms with Gasteiger partial charge in [-0.2, -0.15) is 13.2 Å². The first-order valence-corrected chi connectivity index (χ1v) is 6.10. The number of rotatable bonds is 4. The Morgan fingerprint density at radius 2 is 1.89 bits per heavy atom. The number of likely N-dealkylation sites (N-methyl/N-ethyl adjacent to an activating group) is 1. The van der Waals surface area contributed by atoms with Crippen molar-refractivity contribution in [1.82, 2.24) is 9.47 Å². The SMILES string of the molecule is CC(C)n1cc(CCN(C)C)cc(C(F)(F)F)c1=O. The van der Waals surface area contributed by atoms with Crippen LogP contribution in [0.5, 0.6) is 0 Å². The monoisotopic (exact) mass is 276 g/mol. The van der Waals surface area contributed by atoms with Gasteiger partial charge in [-0.25, -0.2) is 0 Å². The number of hydrogen-bond acceptors (Lipinski definition) is 2. The van der Waals surface area contributed by atoms with Gasteiger partial charge in [0.1, 0.15) is 5.56 Å². The van der Waals surface area contributed by atoms with Crippen molar-refractivity contribution < 1.29 is 13.2 Å². The number of aromatic nitrogens is 1. The van der Waals surface area contributed by atoms with Crippen LogP contribution in [0.15, 0.2) is 17.1 Å². The summed E-state index contributed by atoms with van der Waals surface area (Å²) >= 11 is 0. The van der Waals surface area contributed by atoms with E-state index in [1.165, 1.54) is 6.20 Å². The predicted octanol–water partition coefficient (Wildman–Crippen LogP) is 2.55. The fourth-order valence-corrected chi connectivity index (χ4v) is 1.74. The molecule has 6 heteroatoms. The number of hydrogen-bond donors (Lipinski definition) is 0. The van der Waals surface area contributed by atoms with Gasteiger partial charge < -0.3 is 9.47 Å². The van der Waals surface area contributed by atoms with Gasteiger partial charge in [-0.15, -0.1) is 0 Å². The van der Waals surface area contributed by atoms with Gasteiger partial charge >= 0.3 is 6.18 Å². The van der Waals surface area contributed by atoms with Gasteiger partial charge in [0.15, 0.2) is 0 Å². The molecule has 0 aromatic carbocycles. The van der Waals surface area contributed by atoms with Crippen molar-refractivity contribution in [2.24, 2.45) is 0 Å². The molecule has 0 aliphatic carbocycles. The Bertz CT molecular complexity index is 490. The van der Waals surface area contributed by atoms with Crippen LogP contribution in [-0.4, -0.2) is 30.1 Å². The lowest BCUT2D eigenvalue weighted by molar-refractivity contribution is -0.139. The third kappa shape index (κ3) is 4.09. The highest BCUT2D eigenvalue weighted by Gasteiger charge is 2.35. The van der Waals surface area contributed by atoms with Crippen molar-refractivity contribution in [2.75, 3.05) is 20.6 Å². The van der Waals surface area contributed by atoms with Crippen LogP contribution < -0.4 is 5.56 Å². The van der Waals surface area contributed by atoms with Crippen LogP contribution in [0.25, 0.3) is 0 Å². The van der Waals surface area contributed by atoms with Crippen molar-refractivity contribution >= 4 is 0 Å². The van der Waals surface area contributed by atoms with Gasteiger partial charge in [-0.1, -0.05) is 0 Å². The van der Waals surface area contributed by atoms with Crippen LogP contribution in [0, 0.1) is 0 Å². The highest BCUT2D eigenvalue weighted by molar-refractivity contribution is 5.22. The fraction of sp³-hybridized carbons (Fsp3) is 0.615. The quantitative estimate of drug-likeness (QED) is 0.844. The van der Waals surface area contributed by atoms with Gasteiger partial charge in [0, 0.05) is 18.8 Å². The minimum Gasteiger partial charge on any atom is -0.312 e. The lowest BCUT2D eigenvalue weighted by atomic mass is 10.1. The summed E-state index contributed by atoms with van der Waals surface area (Å²) in [6.45, 7) is 4.02. The number of pyridine rings is 1. The normalized spacial score (nSPS) is 12.5. The van der Waals surface area contributed by atoms with Crippen molar-refractivity contribution in [3.05, 3.63) is 33.7 Å². The van der Waals surface area contributed by atoms with E-state index in [1.54, 1.807) is 13.8 Å². The Morgan fingerprint density at radius 3 is 2.32 bits per heavy atom. The van der Waals surface area contributed by atoms with E-state index >= 15 is 0 Å². The fourth-order valence-electron chi connectivity index (χ4n) is 1.74. The average molecular weight is 276 g/mol. The predicted molar refractivity (Wildman–Crippen MR) is 68.3 cm³/mol. The summed E-state index contributed by atoms with van der Waals surface area (Å²) in [4.78, 5) is 13.7. The molecule has 0 aliphatic rings. The number of alkyl halides is 3. The number of nitrogens with zero attached hydrogens (tertiary/aromatic N) is 2. The number of halogens is 3. The van der Waals surface area contributed by atoms with Crippen molar-refractivity contribution in [1.29, 1.82) is 0 Å². The lowest BCUT2D eigenvalue weighted by Gasteiger charge is -2.17. The summed E-state index contributed by atoms with van der Waals surface area (Å²) in [5.74, 6) is 0. The largest absolute Gasteiger partial charge is 0.421 e. The second-order valence-corrected chi connectivity index (χ2v) is 5.12. The van der Waals surface area contributed by atoms with Crippen molar-refractivity contribution in [3.8, 4) is 0 Å². The van der Waals surface area contributed by atoms with Gasteiger partial charge in [0.2, 0.25) is 0 Å². The molecule has 19 heavy (non-hydrogen) atoms. The van der Waals surface area contributed by atoms with Crippen molar-refractivity contribution in [2.45, 2.75) is 32.5 Å². The first-order valence-electron chi connectivity index (χ1n) is 6.10. The van der Waals surface area contributed by atoms with E-state index in [0.717, 1.165) is 10.6 Å². The van der Waals surface area contributed by atoms with Crippen LogP contribution >= 0.6 is 0 Å². The van der Waals surface area contributed by atoms with E-state index in [1.807, 2.05) is 19.0 Å². The summed E-state index contributed by atoms with van der Waals surface area (Å²) < 4.78 is 39.7. The van der Waals surface area contributed by atoms with E-state index in [9.17, 15) is 18.0 Å². The maximum absolute atomic E-state index is 12.8. The minimum absolute atomic E-state index is 0.298. The maximum atomic E-state index is 12.8. The Balaban J connectivity index is 3.28. The van der Waals surface area contributed by atoms with E-state index in [0.29, 0.717) is 18.5 Å². The second kappa shape index (κ2) is 5.77. The summed E-state index contributed by atoms with van der Waals surface area (Å²) in [5.41, 5.74) is -1.54. The first kappa shape index (κ1) is 15.8. The Morgan fingerprint density at radius 1 is 1.32 bits per heavy atom. The summed E-state index contributed by atoms with van der Waals surface area (Å²) in [5, 5.41) is 0. The Labute approximate surface area is 110 Å². The van der Waals surface area contributed by atoms with Crippen LogP contribution in [0.4, 0.5) is 13.2 Å². The molecule has 0 bridgehead atoms. The van der Waals surface area contributed by atoms with Crippen LogP contribution in [0.2, 0.25) is 0 Å². The molecular weight excluding hydrogens is 257 g/mol. The van der Waals surface area contributed by atoms with Gasteiger partial charge in [-0.05, 0) is 46.0 Å². The summed E-state index contributed by atoms with van der Waals surface area (Å²) in [7, 11) is 3.70. The standard InChI is InChI=1S/C13H19F3N2O/c1-9(2)18-8-10(5-6-17(3)4)7-11(12(18)19)13(14,15)16/h7-9H,5-6H2,1-4H3. The Kier molecular flexibility index (Phi) is 4.79. The lowest BCUT2D eigenvalue weighted by Crippen LogP contribution is -2.30. The first-order chi connectivity index (χ1) is 8.62. The zero-order valence-corrected chi connectivity index (χ0v) is 11.6. The molecule has 1 aromatic heterocycles. The van der Waals surface area contributed by atoms with Gasteiger partial charge in [0.05, 0.1) is 0 Å². The van der Waals surface area contributed by atoms with Crippen molar-refractivity contribution in [3.63, 3.8) is 0 Å². The molecule has 1 heterocycles. The Hall–Kier alpha value is -1.30. The molecule has 0 atom stereocenters. The zero-order valence-electron chi connectivity index (χ0n) is 11.6. The van der Waals surface area contributed by atoms with E-state index in [2.05, 4.69) is 0 Å². The van der Waals surface area contributed by atoms with Crippen LogP contribution in [0.3, 0.4) is 0 Å². The molecule has 0 spiro atoms. The third-order valence-corrected chi connectivity index (χ3v) is 2.81. The topological polar surface area (TPSA) is 25.2 Å². The molecule has 0 saturated heterocycles. The smallest absolute Gasteiger partial charge is 0.312 e. The molecule has 3 nitrogen and oxygen atoms in total. The molecular formula is C13H19F3N2O. The maximum Gasteiger partial charge on any atom is 0.421 e. The second-order valence-electron chi connectivity index (χ2n) is 5.12. The molecule has 0 saturated carbocycles. The van der Waals surface area contributed by atoms with Crippen LogP contribution in [-0.2, 0) is 12.6 Å². The highest BCUT2D eigenvalue weighted by atomic mass is 19.4. The molecule has 0 unspecified atom stereocenters. The zero-order chi connectivity index (χ0) is 14.8. The van der Waals surface area contributed by atoms with Gasteiger partial charge in [-0.3, -0.25) is 4.79 Å². The molecule has 0 radical (unpaired) electrons. The molecule has 0 N–H and O–H groups in total. The molecule has 1 rings (SSSR count). The highest BCUT2D eigenvalue weighted by Crippen LogP contribution is 2.27. The summed E-state index contributed by atoms with van der Waals surface area (Å²) in [6.07, 6.45) is -2.61. The third-order valence-electron chi connectivity index (χ3n) is 2.81. The van der Waals surface area contributed by atoms with E-state index in [4.69, 9.17) is 0 Å². The van der Waals surface area contributed by atoms with Crippen LogP contribution in [0.1, 0.15) is 31.0 Å². The molecule has 1 aromatic rings. The average Bonchev–Trinajstić information content (AvgIpc) is 2.25. The molecule has 0 fully saturated rings. The summed E-state index contributed by atoms with van der Waals surface area (Å²) in [6, 6.07) is 0.665. The minimum atomic E-state index is -4.61. The van der Waals surface area contributed by atoms with Gasteiger partial charge in [0.25, 0.3) is 5.56 Å².